The molecule has 0 bridgehead atoms. The molecule has 0 aliphatic carbocycles. The van der Waals surface area contributed by atoms with Crippen LogP contribution in [0.1, 0.15) is 20.8 Å². The van der Waals surface area contributed by atoms with E-state index in [1.165, 1.54) is 5.32 Å². The van der Waals surface area contributed by atoms with Crippen molar-refractivity contribution in [2.24, 2.45) is 0 Å². The van der Waals surface area contributed by atoms with Gasteiger partial charge in [-0.25, -0.2) is 0 Å². The van der Waals surface area contributed by atoms with Gasteiger partial charge >= 0.3 is 18.0 Å². The summed E-state index contributed by atoms with van der Waals surface area (Å²) in [5.74, 6) is -15.0. The lowest BCUT2D eigenvalue weighted by atomic mass is 10.1. The average Bonchev–Trinajstić information content (AvgIpc) is 1.97. The van der Waals surface area contributed by atoms with Crippen molar-refractivity contribution in [2.75, 3.05) is 0 Å². The molecule has 17 heavy (non-hydrogen) atoms. The van der Waals surface area contributed by atoms with E-state index >= 15 is 0 Å². The first-order valence-electron chi connectivity index (χ1n) is 4.28. The highest BCUT2D eigenvalue weighted by Gasteiger charge is 2.76. The third-order valence-electron chi connectivity index (χ3n) is 1.52. The van der Waals surface area contributed by atoms with Gasteiger partial charge in [-0.3, -0.25) is 4.79 Å². The van der Waals surface area contributed by atoms with Crippen LogP contribution in [0.25, 0.3) is 0 Å². The molecule has 0 unspecified atom stereocenters. The molecule has 0 spiro atoms. The van der Waals surface area contributed by atoms with E-state index in [1.54, 1.807) is 0 Å². The second-order valence-electron chi connectivity index (χ2n) is 4.35. The highest BCUT2D eigenvalue weighted by atomic mass is 19.4. The molecular formula is C8H10F7NO. The minimum Gasteiger partial charge on any atom is -0.346 e. The normalized spacial score (nSPS) is 14.7. The second kappa shape index (κ2) is 4.02. The predicted octanol–water partition coefficient (Wildman–Crippen LogP) is 2.73. The maximum Gasteiger partial charge on any atom is 0.460 e. The highest BCUT2D eigenvalue weighted by Crippen LogP contribution is 2.46. The molecule has 2 nitrogen and oxygen atoms in total. The van der Waals surface area contributed by atoms with E-state index in [2.05, 4.69) is 0 Å². The van der Waals surface area contributed by atoms with Crippen molar-refractivity contribution < 1.29 is 35.5 Å². The Hall–Kier alpha value is -1.02. The number of hydrogen-bond donors (Lipinski definition) is 1. The average molecular weight is 269 g/mol. The van der Waals surface area contributed by atoms with Crippen molar-refractivity contribution in [1.29, 1.82) is 0 Å². The summed E-state index contributed by atoms with van der Waals surface area (Å²) in [7, 11) is 0. The Morgan fingerprint density at radius 2 is 1.24 bits per heavy atom. The Morgan fingerprint density at radius 1 is 0.882 bits per heavy atom. The zero-order valence-corrected chi connectivity index (χ0v) is 9.05. The maximum atomic E-state index is 12.7. The molecule has 0 atom stereocenters. The van der Waals surface area contributed by atoms with Crippen molar-refractivity contribution >= 4 is 5.91 Å². The van der Waals surface area contributed by atoms with Crippen LogP contribution in [0.3, 0.4) is 0 Å². The van der Waals surface area contributed by atoms with Crippen LogP contribution in [0, 0.1) is 0 Å². The highest BCUT2D eigenvalue weighted by molar-refractivity contribution is 5.85. The molecule has 0 aliphatic rings. The number of nitrogens with one attached hydrogen (secondary N) is 1. The smallest absolute Gasteiger partial charge is 0.346 e. The van der Waals surface area contributed by atoms with Crippen LogP contribution >= 0.6 is 0 Å². The molecule has 0 radical (unpaired) electrons. The minimum absolute atomic E-state index is 1.16. The van der Waals surface area contributed by atoms with Crippen molar-refractivity contribution in [3.05, 3.63) is 0 Å². The summed E-state index contributed by atoms with van der Waals surface area (Å²) < 4.78 is 85.4. The summed E-state index contributed by atoms with van der Waals surface area (Å²) in [6.07, 6.45) is -6.51. The molecule has 1 N–H and O–H groups in total. The topological polar surface area (TPSA) is 29.1 Å². The van der Waals surface area contributed by atoms with Crippen LogP contribution < -0.4 is 5.32 Å². The number of rotatable bonds is 2. The number of amides is 1. The van der Waals surface area contributed by atoms with Gasteiger partial charge in [0, 0.05) is 5.54 Å². The van der Waals surface area contributed by atoms with E-state index in [4.69, 9.17) is 0 Å². The van der Waals surface area contributed by atoms with Crippen LogP contribution in [0.4, 0.5) is 30.7 Å². The van der Waals surface area contributed by atoms with Gasteiger partial charge in [-0.05, 0) is 20.8 Å². The quantitative estimate of drug-likeness (QED) is 0.767. The summed E-state index contributed by atoms with van der Waals surface area (Å²) >= 11 is 0. The molecule has 0 aromatic rings. The van der Waals surface area contributed by atoms with Crippen molar-refractivity contribution in [3.63, 3.8) is 0 Å². The number of carbonyl (C=O) groups excluding carboxylic acids is 1. The monoisotopic (exact) mass is 269 g/mol. The van der Waals surface area contributed by atoms with Gasteiger partial charge in [0.2, 0.25) is 0 Å². The molecule has 102 valence electrons. The van der Waals surface area contributed by atoms with E-state index in [1.807, 2.05) is 0 Å². The predicted molar refractivity (Wildman–Crippen MR) is 43.8 cm³/mol. The molecule has 0 rings (SSSR count). The van der Waals surface area contributed by atoms with Gasteiger partial charge in [0.05, 0.1) is 0 Å². The van der Waals surface area contributed by atoms with Gasteiger partial charge in [-0.2, -0.15) is 30.7 Å². The lowest BCUT2D eigenvalue weighted by Crippen LogP contribution is -2.61. The van der Waals surface area contributed by atoms with Crippen molar-refractivity contribution in [2.45, 2.75) is 44.3 Å². The molecular weight excluding hydrogens is 259 g/mol. The van der Waals surface area contributed by atoms with E-state index in [-0.39, 0.29) is 0 Å². The Kier molecular flexibility index (Phi) is 3.78. The molecule has 0 aliphatic heterocycles. The lowest BCUT2D eigenvalue weighted by Gasteiger charge is -2.30. The van der Waals surface area contributed by atoms with Gasteiger partial charge < -0.3 is 5.32 Å². The van der Waals surface area contributed by atoms with Gasteiger partial charge in [0.25, 0.3) is 5.91 Å². The van der Waals surface area contributed by atoms with Gasteiger partial charge in [0.15, 0.2) is 0 Å². The summed E-state index contributed by atoms with van der Waals surface area (Å²) in [6.45, 7) is 3.48. The maximum absolute atomic E-state index is 12.7. The van der Waals surface area contributed by atoms with Crippen LogP contribution in [0.15, 0.2) is 0 Å². The molecule has 1 amide bonds. The lowest BCUT2D eigenvalue weighted by molar-refractivity contribution is -0.344. The standard InChI is InChI=1S/C8H10F7NO/c1-5(2,3)16-4(17)6(9,10)7(11,12)8(13,14)15/h1-3H3,(H,16,17). The summed E-state index contributed by atoms with van der Waals surface area (Å²) in [6, 6.07) is 0. The molecule has 0 aromatic carbocycles. The van der Waals surface area contributed by atoms with E-state index in [0.29, 0.717) is 0 Å². The molecule has 0 fully saturated rings. The number of carbonyl (C=O) groups is 1. The summed E-state index contributed by atoms with van der Waals surface area (Å²) in [5.41, 5.74) is -1.36. The third kappa shape index (κ3) is 3.22. The molecule has 0 heterocycles. The molecule has 9 heteroatoms. The second-order valence-corrected chi connectivity index (χ2v) is 4.35. The Morgan fingerprint density at radius 3 is 1.47 bits per heavy atom. The Labute approximate surface area is 92.2 Å². The van der Waals surface area contributed by atoms with E-state index in [0.717, 1.165) is 20.8 Å². The zero-order valence-electron chi connectivity index (χ0n) is 9.05. The first-order chi connectivity index (χ1) is 7.13. The molecule has 0 saturated carbocycles. The summed E-state index contributed by atoms with van der Waals surface area (Å²) in [4.78, 5) is 10.7. The first kappa shape index (κ1) is 16.0. The van der Waals surface area contributed by atoms with Crippen molar-refractivity contribution in [3.8, 4) is 0 Å². The number of alkyl halides is 7. The Bertz CT molecular complexity index is 302. The number of halogens is 7. The fourth-order valence-corrected chi connectivity index (χ4v) is 0.740. The SMILES string of the molecule is CC(C)(C)NC(=O)C(F)(F)C(F)(F)C(F)(F)F. The minimum atomic E-state index is -6.51. The van der Waals surface area contributed by atoms with Gasteiger partial charge in [-0.1, -0.05) is 0 Å². The van der Waals surface area contributed by atoms with Crippen LogP contribution in [0.2, 0.25) is 0 Å². The molecule has 0 saturated heterocycles. The number of hydrogen-bond acceptors (Lipinski definition) is 1. The van der Waals surface area contributed by atoms with Gasteiger partial charge in [0.1, 0.15) is 0 Å². The zero-order chi connectivity index (χ0) is 14.3. The van der Waals surface area contributed by atoms with Crippen LogP contribution in [0.5, 0.6) is 0 Å². The van der Waals surface area contributed by atoms with E-state index < -0.39 is 29.5 Å². The van der Waals surface area contributed by atoms with Crippen LogP contribution in [-0.4, -0.2) is 29.5 Å². The van der Waals surface area contributed by atoms with Crippen molar-refractivity contribution in [1.82, 2.24) is 5.32 Å². The molecule has 0 aromatic heterocycles. The largest absolute Gasteiger partial charge is 0.460 e. The van der Waals surface area contributed by atoms with E-state index in [9.17, 15) is 35.5 Å². The third-order valence-corrected chi connectivity index (χ3v) is 1.52. The Balaban J connectivity index is 5.22. The fraction of sp³-hybridized carbons (Fsp3) is 0.875. The fourth-order valence-electron chi connectivity index (χ4n) is 0.740. The first-order valence-corrected chi connectivity index (χ1v) is 4.28. The van der Waals surface area contributed by atoms with Crippen LogP contribution in [-0.2, 0) is 4.79 Å². The summed E-state index contributed by atoms with van der Waals surface area (Å²) in [5, 5.41) is 1.37. The van der Waals surface area contributed by atoms with Gasteiger partial charge in [-0.15, -0.1) is 0 Å².